The van der Waals surface area contributed by atoms with Crippen LogP contribution in [-0.2, 0) is 43.9 Å². The molecular formula is C41H44N12O4. The normalized spacial score (nSPS) is 13.2. The minimum Gasteiger partial charge on any atom is -0.471 e. The van der Waals surface area contributed by atoms with Gasteiger partial charge in [0.2, 0.25) is 18.2 Å². The standard InChI is InChI=1S/C21H21N7O2.C20H23N5O2/c1-2-16-9-15(7-8-23-16)19(29)24-10-13-3-5-14(6-4-13)11-30-20-17-18(26-12-25-17)27-21(22)28-20;1-2-17-11-16(7-9-22-17)19(26)24-12-14-3-5-15(6-4-14)13-27-20-23-10-8-18(21)25-20/h3-9,12H,2,10-11H2,1H3,(H,24,29)(H3,22,25,26,27,28);3-11,20,23H,2,12-13H2,1H3,(H2,21,25)(H,24,26). The third-order valence-corrected chi connectivity index (χ3v) is 8.65. The maximum atomic E-state index is 12.3. The number of nitrogens with two attached hydrogens (primary N) is 2. The van der Waals surface area contributed by atoms with Crippen LogP contribution in [0.3, 0.4) is 0 Å². The first-order chi connectivity index (χ1) is 27.8. The number of amides is 2. The Morgan fingerprint density at radius 3 is 1.86 bits per heavy atom. The van der Waals surface area contributed by atoms with Gasteiger partial charge in [0.25, 0.3) is 11.8 Å². The van der Waals surface area contributed by atoms with Crippen molar-refractivity contribution in [3.63, 3.8) is 0 Å². The Balaban J connectivity index is 0.000000194. The average Bonchev–Trinajstić information content (AvgIpc) is 3.73. The second kappa shape index (κ2) is 19.4. The van der Waals surface area contributed by atoms with Gasteiger partial charge in [0, 0.05) is 54.2 Å². The van der Waals surface area contributed by atoms with E-state index < -0.39 is 6.35 Å². The molecule has 1 aliphatic rings. The SMILES string of the molecule is CCc1cc(C(=O)NCc2ccc(COC3N=C(N)C=CN3)cc2)ccn1.CCc1cc(C(=O)NCc2ccc(COc3nc(N)nc4nc[nH]c34)cc2)ccn1. The predicted molar refractivity (Wildman–Crippen MR) is 215 cm³/mol. The number of imidazole rings is 1. The van der Waals surface area contributed by atoms with Gasteiger partial charge in [-0.3, -0.25) is 19.6 Å². The molecule has 0 saturated carbocycles. The molecule has 4 aromatic heterocycles. The zero-order valence-electron chi connectivity index (χ0n) is 31.6. The zero-order chi connectivity index (χ0) is 40.0. The molecule has 8 N–H and O–H groups in total. The van der Waals surface area contributed by atoms with Crippen molar-refractivity contribution in [3.8, 4) is 5.88 Å². The molecule has 7 rings (SSSR count). The van der Waals surface area contributed by atoms with Crippen LogP contribution in [0.15, 0.2) is 109 Å². The highest BCUT2D eigenvalue weighted by atomic mass is 16.5. The highest BCUT2D eigenvalue weighted by Gasteiger charge is 2.12. The maximum Gasteiger partial charge on any atom is 0.251 e. The first-order valence-electron chi connectivity index (χ1n) is 18.3. The number of aliphatic imine (C=N–C) groups is 1. The van der Waals surface area contributed by atoms with E-state index in [0.717, 1.165) is 46.5 Å². The number of carbonyl (C=O) groups excluding carboxylic acids is 2. The number of nitrogen functional groups attached to an aromatic ring is 1. The van der Waals surface area contributed by atoms with Crippen LogP contribution in [0.2, 0.25) is 0 Å². The fourth-order valence-corrected chi connectivity index (χ4v) is 5.47. The van der Waals surface area contributed by atoms with Crippen LogP contribution in [0.4, 0.5) is 5.95 Å². The van der Waals surface area contributed by atoms with E-state index in [0.29, 0.717) is 60.3 Å². The van der Waals surface area contributed by atoms with E-state index in [9.17, 15) is 9.59 Å². The zero-order valence-corrected chi connectivity index (χ0v) is 31.6. The van der Waals surface area contributed by atoms with Crippen molar-refractivity contribution in [1.82, 2.24) is 45.9 Å². The van der Waals surface area contributed by atoms with Crippen molar-refractivity contribution in [2.45, 2.75) is 59.3 Å². The number of aromatic amines is 1. The Bertz CT molecular complexity index is 2340. The molecule has 0 fully saturated rings. The number of aromatic nitrogens is 6. The number of nitrogens with one attached hydrogen (secondary N) is 4. The summed E-state index contributed by atoms with van der Waals surface area (Å²) in [4.78, 5) is 52.3. The topological polar surface area (TPSA) is 233 Å². The monoisotopic (exact) mass is 768 g/mol. The molecule has 6 aromatic rings. The van der Waals surface area contributed by atoms with Crippen molar-refractivity contribution in [1.29, 1.82) is 0 Å². The van der Waals surface area contributed by atoms with Gasteiger partial charge in [0.15, 0.2) is 5.65 Å². The number of amidine groups is 1. The molecule has 0 spiro atoms. The van der Waals surface area contributed by atoms with Gasteiger partial charge in [0.1, 0.15) is 18.0 Å². The Hall–Kier alpha value is -7.20. The van der Waals surface area contributed by atoms with Gasteiger partial charge in [0.05, 0.1) is 12.9 Å². The maximum absolute atomic E-state index is 12.3. The quantitative estimate of drug-likeness (QED) is 0.0913. The third-order valence-electron chi connectivity index (χ3n) is 8.65. The number of ether oxygens (including phenoxy) is 2. The van der Waals surface area contributed by atoms with Crippen LogP contribution in [0.5, 0.6) is 5.88 Å². The van der Waals surface area contributed by atoms with Gasteiger partial charge in [-0.2, -0.15) is 9.97 Å². The summed E-state index contributed by atoms with van der Waals surface area (Å²) in [7, 11) is 0. The summed E-state index contributed by atoms with van der Waals surface area (Å²) in [5, 5.41) is 8.82. The molecular weight excluding hydrogens is 725 g/mol. The lowest BCUT2D eigenvalue weighted by Gasteiger charge is -2.17. The summed E-state index contributed by atoms with van der Waals surface area (Å²) in [5.74, 6) is 0.673. The third kappa shape index (κ3) is 11.4. The molecule has 0 bridgehead atoms. The number of rotatable bonds is 14. The molecule has 1 aliphatic heterocycles. The molecule has 57 heavy (non-hydrogen) atoms. The molecule has 2 amide bonds. The molecule has 2 aromatic carbocycles. The number of benzene rings is 2. The lowest BCUT2D eigenvalue weighted by Crippen LogP contribution is -2.31. The first kappa shape index (κ1) is 39.5. The van der Waals surface area contributed by atoms with Crippen molar-refractivity contribution in [2.75, 3.05) is 5.73 Å². The fourth-order valence-electron chi connectivity index (χ4n) is 5.47. The lowest BCUT2D eigenvalue weighted by molar-refractivity contribution is 0.0322. The number of fused-ring (bicyclic) bond motifs is 1. The Labute approximate surface area is 329 Å². The molecule has 0 aliphatic carbocycles. The van der Waals surface area contributed by atoms with Gasteiger partial charge < -0.3 is 41.9 Å². The van der Waals surface area contributed by atoms with Crippen LogP contribution >= 0.6 is 0 Å². The highest BCUT2D eigenvalue weighted by molar-refractivity contribution is 5.94. The summed E-state index contributed by atoms with van der Waals surface area (Å²) >= 11 is 0. The highest BCUT2D eigenvalue weighted by Crippen LogP contribution is 2.21. The van der Waals surface area contributed by atoms with E-state index in [1.165, 1.54) is 6.33 Å². The van der Waals surface area contributed by atoms with Crippen molar-refractivity contribution in [2.24, 2.45) is 10.7 Å². The van der Waals surface area contributed by atoms with Crippen molar-refractivity contribution in [3.05, 3.63) is 149 Å². The predicted octanol–water partition coefficient (Wildman–Crippen LogP) is 4.25. The van der Waals surface area contributed by atoms with Gasteiger partial charge in [-0.05, 0) is 65.4 Å². The summed E-state index contributed by atoms with van der Waals surface area (Å²) in [6, 6.07) is 22.7. The van der Waals surface area contributed by atoms with E-state index in [-0.39, 0.29) is 17.8 Å². The molecule has 0 radical (unpaired) electrons. The molecule has 1 unspecified atom stereocenters. The summed E-state index contributed by atoms with van der Waals surface area (Å²) in [6.07, 6.45) is 9.35. The van der Waals surface area contributed by atoms with E-state index in [4.69, 9.17) is 20.9 Å². The van der Waals surface area contributed by atoms with E-state index in [2.05, 4.69) is 50.8 Å². The van der Waals surface area contributed by atoms with Crippen molar-refractivity contribution < 1.29 is 19.1 Å². The van der Waals surface area contributed by atoms with Gasteiger partial charge in [-0.1, -0.05) is 62.4 Å². The summed E-state index contributed by atoms with van der Waals surface area (Å²) < 4.78 is 11.4. The molecule has 16 heteroatoms. The van der Waals surface area contributed by atoms with Crippen LogP contribution in [0, 0.1) is 0 Å². The lowest BCUT2D eigenvalue weighted by atomic mass is 10.1. The second-order valence-electron chi connectivity index (χ2n) is 12.8. The Kier molecular flexibility index (Phi) is 13.4. The first-order valence-corrected chi connectivity index (χ1v) is 18.3. The molecule has 292 valence electrons. The fraction of sp³-hybridized carbons (Fsp3) is 0.220. The van der Waals surface area contributed by atoms with E-state index in [1.807, 2.05) is 74.5 Å². The van der Waals surface area contributed by atoms with Crippen LogP contribution in [0.1, 0.15) is 68.2 Å². The smallest absolute Gasteiger partial charge is 0.251 e. The van der Waals surface area contributed by atoms with Crippen molar-refractivity contribution >= 4 is 34.8 Å². The number of pyridine rings is 2. The van der Waals surface area contributed by atoms with Crippen LogP contribution < -0.4 is 32.2 Å². The minimum atomic E-state index is -0.470. The number of carbonyl (C=O) groups is 2. The average molecular weight is 769 g/mol. The van der Waals surface area contributed by atoms with Gasteiger partial charge >= 0.3 is 0 Å². The summed E-state index contributed by atoms with van der Waals surface area (Å²) in [5.41, 5.74) is 19.4. The second-order valence-corrected chi connectivity index (χ2v) is 12.8. The number of hydrogen-bond acceptors (Lipinski definition) is 13. The van der Waals surface area contributed by atoms with Gasteiger partial charge in [-0.25, -0.2) is 9.98 Å². The Morgan fingerprint density at radius 2 is 1.30 bits per heavy atom. The number of aryl methyl sites for hydroxylation is 2. The molecule has 1 atom stereocenters. The number of H-pyrrole nitrogens is 1. The molecule has 0 saturated heterocycles. The summed E-state index contributed by atoms with van der Waals surface area (Å²) in [6.45, 7) is 5.63. The van der Waals surface area contributed by atoms with Crippen LogP contribution in [0.25, 0.3) is 11.2 Å². The number of hydrogen-bond donors (Lipinski definition) is 6. The number of anilines is 1. The molecule has 16 nitrogen and oxygen atoms in total. The number of nitrogens with zero attached hydrogens (tertiary/aromatic N) is 6. The van der Waals surface area contributed by atoms with Gasteiger partial charge in [-0.15, -0.1) is 0 Å². The minimum absolute atomic E-state index is 0.105. The van der Waals surface area contributed by atoms with E-state index in [1.54, 1.807) is 36.8 Å². The Morgan fingerprint density at radius 1 is 0.737 bits per heavy atom. The largest absolute Gasteiger partial charge is 0.471 e. The molecule has 5 heterocycles. The van der Waals surface area contributed by atoms with Crippen LogP contribution in [-0.4, -0.2) is 53.9 Å². The van der Waals surface area contributed by atoms with E-state index >= 15 is 0 Å².